The monoisotopic (exact) mass is 474 g/mol. The van der Waals surface area contributed by atoms with Gasteiger partial charge in [0.05, 0.1) is 11.3 Å². The van der Waals surface area contributed by atoms with E-state index in [1.165, 1.54) is 0 Å². The van der Waals surface area contributed by atoms with Crippen LogP contribution < -0.4 is 5.73 Å². The number of nitrogens with zero attached hydrogens (tertiary/aromatic N) is 1. The average molecular weight is 475 g/mol. The fourth-order valence-electron chi connectivity index (χ4n) is 4.85. The van der Waals surface area contributed by atoms with Gasteiger partial charge in [0, 0.05) is 38.7 Å². The van der Waals surface area contributed by atoms with Gasteiger partial charge >= 0.3 is 0 Å². The summed E-state index contributed by atoms with van der Waals surface area (Å²) in [6.07, 6.45) is 0. The molecule has 0 spiro atoms. The number of hydrogen-bond acceptors (Lipinski definition) is 3. The zero-order valence-electron chi connectivity index (χ0n) is 18.5. The van der Waals surface area contributed by atoms with Crippen molar-refractivity contribution in [2.75, 3.05) is 5.73 Å². The molecule has 2 N–H and O–H groups in total. The molecule has 1 aliphatic carbocycles. The zero-order chi connectivity index (χ0) is 24.1. The molecular formula is C30H19ClN2O2. The van der Waals surface area contributed by atoms with Crippen LogP contribution >= 0.6 is 11.6 Å². The van der Waals surface area contributed by atoms with Gasteiger partial charge in [0.25, 0.3) is 0 Å². The van der Waals surface area contributed by atoms with E-state index in [1.807, 2.05) is 65.2 Å². The Bertz CT molecular complexity index is 1630. The van der Waals surface area contributed by atoms with Gasteiger partial charge in [-0.15, -0.1) is 0 Å². The van der Waals surface area contributed by atoms with Gasteiger partial charge in [-0.1, -0.05) is 84.4 Å². The Labute approximate surface area is 207 Å². The van der Waals surface area contributed by atoms with E-state index in [-0.39, 0.29) is 11.6 Å². The molecule has 0 unspecified atom stereocenters. The van der Waals surface area contributed by atoms with Gasteiger partial charge in [-0.05, 0) is 35.9 Å². The third-order valence-electron chi connectivity index (χ3n) is 6.39. The Morgan fingerprint density at radius 1 is 0.571 bits per heavy atom. The van der Waals surface area contributed by atoms with Crippen LogP contribution in [0.15, 0.2) is 103 Å². The van der Waals surface area contributed by atoms with E-state index in [0.717, 1.165) is 11.3 Å². The average Bonchev–Trinajstić information content (AvgIpc) is 3.25. The lowest BCUT2D eigenvalue weighted by atomic mass is 9.84. The number of hydrogen-bond donors (Lipinski definition) is 1. The quantitative estimate of drug-likeness (QED) is 0.286. The van der Waals surface area contributed by atoms with Crippen molar-refractivity contribution in [2.24, 2.45) is 0 Å². The first kappa shape index (κ1) is 21.1. The molecule has 0 amide bonds. The molecule has 0 radical (unpaired) electrons. The molecule has 1 aromatic heterocycles. The Hall–Kier alpha value is -4.41. The zero-order valence-corrected chi connectivity index (χ0v) is 19.3. The smallest absolute Gasteiger partial charge is 0.211 e. The number of nitrogens with two attached hydrogens (primary N) is 1. The van der Waals surface area contributed by atoms with E-state index in [1.54, 1.807) is 42.5 Å². The Morgan fingerprint density at radius 2 is 1.14 bits per heavy atom. The maximum Gasteiger partial charge on any atom is 0.211 e. The first-order valence-electron chi connectivity index (χ1n) is 11.2. The van der Waals surface area contributed by atoms with Gasteiger partial charge < -0.3 is 10.3 Å². The maximum atomic E-state index is 14.0. The van der Waals surface area contributed by atoms with Crippen LogP contribution in [-0.2, 0) is 0 Å². The second-order valence-corrected chi connectivity index (χ2v) is 8.85. The minimum atomic E-state index is -0.199. The van der Waals surface area contributed by atoms with Crippen molar-refractivity contribution in [1.29, 1.82) is 0 Å². The predicted molar refractivity (Wildman–Crippen MR) is 139 cm³/mol. The van der Waals surface area contributed by atoms with Gasteiger partial charge in [0.1, 0.15) is 5.69 Å². The number of carbonyl (C=O) groups excluding carboxylic acids is 2. The molecule has 0 aliphatic heterocycles. The number of para-hydroxylation sites is 2. The molecule has 0 fully saturated rings. The number of aromatic nitrogens is 1. The van der Waals surface area contributed by atoms with Crippen molar-refractivity contribution in [1.82, 2.24) is 4.57 Å². The molecule has 4 aromatic carbocycles. The van der Waals surface area contributed by atoms with Crippen LogP contribution in [0.1, 0.15) is 32.0 Å². The molecule has 0 bridgehead atoms. The summed E-state index contributed by atoms with van der Waals surface area (Å²) < 4.78 is 1.89. The van der Waals surface area contributed by atoms with Crippen LogP contribution in [0.2, 0.25) is 5.02 Å². The van der Waals surface area contributed by atoms with E-state index in [4.69, 9.17) is 17.3 Å². The minimum Gasteiger partial charge on any atom is -0.398 e. The van der Waals surface area contributed by atoms with Crippen LogP contribution in [0.25, 0.3) is 28.1 Å². The molecule has 1 heterocycles. The van der Waals surface area contributed by atoms with E-state index in [9.17, 15) is 9.59 Å². The second kappa shape index (κ2) is 8.12. The highest BCUT2D eigenvalue weighted by Crippen LogP contribution is 2.46. The van der Waals surface area contributed by atoms with Crippen molar-refractivity contribution in [3.63, 3.8) is 0 Å². The summed E-state index contributed by atoms with van der Waals surface area (Å²) in [4.78, 5) is 28.0. The fraction of sp³-hybridized carbons (Fsp3) is 0. The van der Waals surface area contributed by atoms with E-state index in [0.29, 0.717) is 49.9 Å². The summed E-state index contributed by atoms with van der Waals surface area (Å²) in [5.74, 6) is -0.395. The lowest BCUT2D eigenvalue weighted by molar-refractivity contribution is 0.0975. The SMILES string of the molecule is Nc1ccccc1-c1c2c(n(-c3ccccc3)c1-c1ccc(Cl)cc1)C(=O)c1ccccc1C2=O. The topological polar surface area (TPSA) is 65.1 Å². The van der Waals surface area contributed by atoms with Crippen molar-refractivity contribution < 1.29 is 9.59 Å². The van der Waals surface area contributed by atoms with Crippen LogP contribution in [-0.4, -0.2) is 16.1 Å². The molecule has 0 atom stereocenters. The lowest BCUT2D eigenvalue weighted by Crippen LogP contribution is -2.22. The standard InChI is InChI=1S/C30H19ClN2O2/c31-19-16-14-18(15-17-19)27-25(23-12-6-7-13-24(23)32)26-28(33(27)20-8-2-1-3-9-20)30(35)22-11-5-4-10-21(22)29(26)34/h1-17H,32H2. The summed E-state index contributed by atoms with van der Waals surface area (Å²) >= 11 is 6.21. The lowest BCUT2D eigenvalue weighted by Gasteiger charge is -2.18. The van der Waals surface area contributed by atoms with Gasteiger partial charge in [-0.2, -0.15) is 0 Å². The van der Waals surface area contributed by atoms with E-state index in [2.05, 4.69) is 0 Å². The highest BCUT2D eigenvalue weighted by molar-refractivity contribution is 6.32. The third kappa shape index (κ3) is 3.22. The Balaban J connectivity index is 1.83. The molecular weight excluding hydrogens is 456 g/mol. The Morgan fingerprint density at radius 3 is 1.80 bits per heavy atom. The first-order valence-corrected chi connectivity index (χ1v) is 11.6. The van der Waals surface area contributed by atoms with Gasteiger partial charge in [0.2, 0.25) is 5.78 Å². The number of halogens is 1. The van der Waals surface area contributed by atoms with Crippen molar-refractivity contribution >= 4 is 28.9 Å². The molecule has 5 heteroatoms. The molecule has 5 aromatic rings. The van der Waals surface area contributed by atoms with Crippen molar-refractivity contribution in [3.8, 4) is 28.1 Å². The molecule has 4 nitrogen and oxygen atoms in total. The number of benzene rings is 4. The van der Waals surface area contributed by atoms with Gasteiger partial charge in [0.15, 0.2) is 5.78 Å². The Kier molecular flexibility index (Phi) is 4.90. The predicted octanol–water partition coefficient (Wildman–Crippen LogP) is 6.82. The number of nitrogen functional groups attached to an aromatic ring is 1. The second-order valence-electron chi connectivity index (χ2n) is 8.42. The molecule has 0 saturated carbocycles. The van der Waals surface area contributed by atoms with Crippen molar-refractivity contribution in [3.05, 3.63) is 131 Å². The van der Waals surface area contributed by atoms with Crippen LogP contribution in [0.3, 0.4) is 0 Å². The van der Waals surface area contributed by atoms with Gasteiger partial charge in [-0.3, -0.25) is 9.59 Å². The summed E-state index contributed by atoms with van der Waals surface area (Å²) in [6, 6.07) is 31.4. The number of fused-ring (bicyclic) bond motifs is 2. The summed E-state index contributed by atoms with van der Waals surface area (Å²) in [6.45, 7) is 0. The molecule has 35 heavy (non-hydrogen) atoms. The largest absolute Gasteiger partial charge is 0.398 e. The van der Waals surface area contributed by atoms with Crippen LogP contribution in [0.4, 0.5) is 5.69 Å². The van der Waals surface area contributed by atoms with Crippen molar-refractivity contribution in [2.45, 2.75) is 0 Å². The van der Waals surface area contributed by atoms with Crippen LogP contribution in [0.5, 0.6) is 0 Å². The van der Waals surface area contributed by atoms with E-state index < -0.39 is 0 Å². The minimum absolute atomic E-state index is 0.196. The van der Waals surface area contributed by atoms with E-state index >= 15 is 0 Å². The number of carbonyl (C=O) groups is 2. The van der Waals surface area contributed by atoms with Gasteiger partial charge in [-0.25, -0.2) is 0 Å². The fourth-order valence-corrected chi connectivity index (χ4v) is 4.98. The number of rotatable bonds is 3. The summed E-state index contributed by atoms with van der Waals surface area (Å²) in [7, 11) is 0. The highest BCUT2D eigenvalue weighted by atomic mass is 35.5. The summed E-state index contributed by atoms with van der Waals surface area (Å²) in [5.41, 5.74) is 12.1. The number of anilines is 1. The highest BCUT2D eigenvalue weighted by Gasteiger charge is 2.39. The normalized spacial score (nSPS) is 12.4. The molecule has 1 aliphatic rings. The number of ketones is 2. The van der Waals surface area contributed by atoms with Crippen LogP contribution in [0, 0.1) is 0 Å². The summed E-state index contributed by atoms with van der Waals surface area (Å²) in [5, 5.41) is 0.594. The third-order valence-corrected chi connectivity index (χ3v) is 6.64. The maximum absolute atomic E-state index is 14.0. The molecule has 0 saturated heterocycles. The molecule has 6 rings (SSSR count). The molecule has 168 valence electrons. The first-order chi connectivity index (χ1) is 17.1.